The van der Waals surface area contributed by atoms with Crippen LogP contribution < -0.4 is 4.90 Å². The van der Waals surface area contributed by atoms with Crippen molar-refractivity contribution in [2.45, 2.75) is 11.3 Å². The molecule has 0 aliphatic carbocycles. The van der Waals surface area contributed by atoms with Crippen LogP contribution in [0.2, 0.25) is 0 Å². The fourth-order valence-electron chi connectivity index (χ4n) is 2.11. The zero-order chi connectivity index (χ0) is 14.9. The lowest BCUT2D eigenvalue weighted by Gasteiger charge is -2.33. The largest absolute Gasteiger partial charge is 0.353 e. The van der Waals surface area contributed by atoms with Gasteiger partial charge in [-0.3, -0.25) is 4.98 Å². The highest BCUT2D eigenvalue weighted by Gasteiger charge is 2.31. The average Bonchev–Trinajstić information content (AvgIpc) is 2.96. The van der Waals surface area contributed by atoms with Gasteiger partial charge in [-0.1, -0.05) is 11.3 Å². The molecule has 2 aromatic rings. The van der Waals surface area contributed by atoms with E-state index in [0.717, 1.165) is 17.2 Å². The maximum absolute atomic E-state index is 12.4. The fourth-order valence-corrected chi connectivity index (χ4v) is 4.63. The summed E-state index contributed by atoms with van der Waals surface area (Å²) in [5.74, 6) is 0.765. The van der Waals surface area contributed by atoms with Gasteiger partial charge in [0, 0.05) is 38.6 Å². The van der Waals surface area contributed by atoms with Crippen molar-refractivity contribution in [3.05, 3.63) is 23.6 Å². The van der Waals surface area contributed by atoms with Crippen molar-refractivity contribution in [2.75, 3.05) is 31.1 Å². The molecule has 1 saturated heterocycles. The van der Waals surface area contributed by atoms with E-state index in [4.69, 9.17) is 0 Å². The predicted octanol–water partition coefficient (Wildman–Crippen LogP) is 0.147. The van der Waals surface area contributed by atoms with Crippen LogP contribution in [0.3, 0.4) is 0 Å². The summed E-state index contributed by atoms with van der Waals surface area (Å²) in [5.41, 5.74) is 0. The molecule has 10 heteroatoms. The molecule has 0 unspecified atom stereocenters. The Kier molecular flexibility index (Phi) is 3.83. The normalized spacial score (nSPS) is 17.1. The van der Waals surface area contributed by atoms with Crippen LogP contribution in [-0.2, 0) is 10.0 Å². The molecular weight excluding hydrogens is 312 g/mol. The van der Waals surface area contributed by atoms with Gasteiger partial charge in [0.15, 0.2) is 0 Å². The lowest BCUT2D eigenvalue weighted by Crippen LogP contribution is -2.48. The highest BCUT2D eigenvalue weighted by atomic mass is 32.2. The van der Waals surface area contributed by atoms with Crippen molar-refractivity contribution in [1.29, 1.82) is 0 Å². The van der Waals surface area contributed by atoms with Gasteiger partial charge >= 0.3 is 0 Å². The number of hydrogen-bond donors (Lipinski definition) is 0. The standard InChI is InChI=1S/C11H14N6O2S2/c1-9-14-15-11(20-9)21(18,19)17-6-4-16(5-7-17)10-8-12-2-3-13-10/h2-3,8H,4-7H2,1H3. The van der Waals surface area contributed by atoms with Crippen molar-refractivity contribution >= 4 is 27.2 Å². The zero-order valence-electron chi connectivity index (χ0n) is 11.4. The molecule has 1 fully saturated rings. The first-order valence-electron chi connectivity index (χ1n) is 6.38. The second kappa shape index (κ2) is 5.62. The third kappa shape index (κ3) is 2.87. The van der Waals surface area contributed by atoms with Crippen LogP contribution in [-0.4, -0.2) is 59.1 Å². The molecule has 2 aromatic heterocycles. The SMILES string of the molecule is Cc1nnc(S(=O)(=O)N2CCN(c3cnccn3)CC2)s1. The van der Waals surface area contributed by atoms with Gasteiger partial charge < -0.3 is 4.90 Å². The van der Waals surface area contributed by atoms with Crippen molar-refractivity contribution in [3.63, 3.8) is 0 Å². The van der Waals surface area contributed by atoms with Crippen molar-refractivity contribution in [3.8, 4) is 0 Å². The van der Waals surface area contributed by atoms with Crippen LogP contribution in [0.15, 0.2) is 22.9 Å². The van der Waals surface area contributed by atoms with Crippen LogP contribution >= 0.6 is 11.3 Å². The summed E-state index contributed by atoms with van der Waals surface area (Å²) in [6, 6.07) is 0. The number of aryl methyl sites for hydroxylation is 1. The van der Waals surface area contributed by atoms with E-state index in [1.54, 1.807) is 25.5 Å². The highest BCUT2D eigenvalue weighted by molar-refractivity contribution is 7.91. The highest BCUT2D eigenvalue weighted by Crippen LogP contribution is 2.21. The van der Waals surface area contributed by atoms with Gasteiger partial charge in [-0.05, 0) is 6.92 Å². The topological polar surface area (TPSA) is 92.2 Å². The second-order valence-corrected chi connectivity index (χ2v) is 7.84. The van der Waals surface area contributed by atoms with Crippen molar-refractivity contribution in [2.24, 2.45) is 0 Å². The first-order chi connectivity index (χ1) is 10.1. The van der Waals surface area contributed by atoms with E-state index in [9.17, 15) is 8.42 Å². The number of sulfonamides is 1. The van der Waals surface area contributed by atoms with Crippen LogP contribution in [0.4, 0.5) is 5.82 Å². The van der Waals surface area contributed by atoms with E-state index in [1.165, 1.54) is 4.31 Å². The quantitative estimate of drug-likeness (QED) is 0.792. The van der Waals surface area contributed by atoms with E-state index in [-0.39, 0.29) is 4.34 Å². The summed E-state index contributed by atoms with van der Waals surface area (Å²) in [6.07, 6.45) is 4.92. The Labute approximate surface area is 126 Å². The molecule has 112 valence electrons. The molecule has 0 bridgehead atoms. The Bertz CT molecular complexity index is 709. The average molecular weight is 326 g/mol. The Morgan fingerprint density at radius 3 is 2.48 bits per heavy atom. The summed E-state index contributed by atoms with van der Waals surface area (Å²) >= 11 is 1.10. The molecule has 0 aromatic carbocycles. The van der Waals surface area contributed by atoms with E-state index in [1.807, 2.05) is 4.90 Å². The Morgan fingerprint density at radius 2 is 1.90 bits per heavy atom. The summed E-state index contributed by atoms with van der Waals surface area (Å²) in [6.45, 7) is 3.70. The maximum Gasteiger partial charge on any atom is 0.272 e. The number of piperazine rings is 1. The van der Waals surface area contributed by atoms with Crippen LogP contribution in [0, 0.1) is 6.92 Å². The molecule has 0 spiro atoms. The summed E-state index contributed by atoms with van der Waals surface area (Å²) in [7, 11) is -3.53. The van der Waals surface area contributed by atoms with Crippen LogP contribution in [0.25, 0.3) is 0 Å². The minimum absolute atomic E-state index is 0.0629. The predicted molar refractivity (Wildman–Crippen MR) is 77.6 cm³/mol. The summed E-state index contributed by atoms with van der Waals surface area (Å²) in [4.78, 5) is 10.3. The summed E-state index contributed by atoms with van der Waals surface area (Å²) < 4.78 is 26.4. The molecule has 0 radical (unpaired) electrons. The number of rotatable bonds is 3. The smallest absolute Gasteiger partial charge is 0.272 e. The van der Waals surface area contributed by atoms with Gasteiger partial charge in [-0.15, -0.1) is 10.2 Å². The molecule has 0 N–H and O–H groups in total. The Hall–Kier alpha value is -1.65. The maximum atomic E-state index is 12.4. The van der Waals surface area contributed by atoms with Crippen molar-refractivity contribution < 1.29 is 8.42 Å². The lowest BCUT2D eigenvalue weighted by atomic mass is 10.3. The number of anilines is 1. The third-order valence-corrected chi connectivity index (χ3v) is 6.26. The zero-order valence-corrected chi connectivity index (χ0v) is 13.0. The Balaban J connectivity index is 1.71. The van der Waals surface area contributed by atoms with Gasteiger partial charge in [-0.25, -0.2) is 13.4 Å². The fraction of sp³-hybridized carbons (Fsp3) is 0.455. The number of nitrogens with zero attached hydrogens (tertiary/aromatic N) is 6. The van der Waals surface area contributed by atoms with Gasteiger partial charge in [0.2, 0.25) is 4.34 Å². The third-order valence-electron chi connectivity index (χ3n) is 3.18. The van der Waals surface area contributed by atoms with Gasteiger partial charge in [0.25, 0.3) is 10.0 Å². The molecular formula is C11H14N6O2S2. The van der Waals surface area contributed by atoms with Gasteiger partial charge in [0.1, 0.15) is 10.8 Å². The molecule has 3 heterocycles. The minimum Gasteiger partial charge on any atom is -0.353 e. The van der Waals surface area contributed by atoms with E-state index in [2.05, 4.69) is 20.2 Å². The lowest BCUT2D eigenvalue weighted by molar-refractivity contribution is 0.383. The second-order valence-electron chi connectivity index (χ2n) is 4.54. The number of hydrogen-bond acceptors (Lipinski definition) is 8. The first-order valence-corrected chi connectivity index (χ1v) is 8.64. The molecule has 1 aliphatic rings. The van der Waals surface area contributed by atoms with Crippen molar-refractivity contribution in [1.82, 2.24) is 24.5 Å². The molecule has 1 aliphatic heterocycles. The molecule has 8 nitrogen and oxygen atoms in total. The number of aromatic nitrogens is 4. The summed E-state index contributed by atoms with van der Waals surface area (Å²) in [5, 5.41) is 8.16. The Morgan fingerprint density at radius 1 is 1.14 bits per heavy atom. The molecule has 0 atom stereocenters. The van der Waals surface area contributed by atoms with E-state index in [0.29, 0.717) is 31.2 Å². The molecule has 3 rings (SSSR count). The van der Waals surface area contributed by atoms with E-state index >= 15 is 0 Å². The van der Waals surface area contributed by atoms with E-state index < -0.39 is 10.0 Å². The molecule has 0 saturated carbocycles. The van der Waals surface area contributed by atoms with Gasteiger partial charge in [0.05, 0.1) is 6.20 Å². The first kappa shape index (κ1) is 14.3. The molecule has 0 amide bonds. The van der Waals surface area contributed by atoms with Crippen LogP contribution in [0.5, 0.6) is 0 Å². The van der Waals surface area contributed by atoms with Crippen LogP contribution in [0.1, 0.15) is 5.01 Å². The van der Waals surface area contributed by atoms with Gasteiger partial charge in [-0.2, -0.15) is 4.31 Å². The monoisotopic (exact) mass is 326 g/mol. The minimum atomic E-state index is -3.53. The molecule has 21 heavy (non-hydrogen) atoms.